The van der Waals surface area contributed by atoms with Gasteiger partial charge < -0.3 is 0 Å². The summed E-state index contributed by atoms with van der Waals surface area (Å²) in [5, 5.41) is 0. The largest absolute Gasteiger partial charge is 0.285 e. The third kappa shape index (κ3) is 3.89. The zero-order valence-corrected chi connectivity index (χ0v) is 11.1. The van der Waals surface area contributed by atoms with Gasteiger partial charge in [-0.25, -0.2) is 0 Å². The first-order valence-electron chi connectivity index (χ1n) is 5.31. The summed E-state index contributed by atoms with van der Waals surface area (Å²) >= 11 is 4.25. The summed E-state index contributed by atoms with van der Waals surface area (Å²) in [6.07, 6.45) is 0. The minimum absolute atomic E-state index is 0.0356. The molecule has 0 aliphatic rings. The standard InChI is InChI=1S/C13H12O3S2/c14-18(15,17)16-10-11-6-8-13(9-7-11)12-4-2-1-3-5-12/h1-9H,10H2,(H,14,15,17). The fourth-order valence-electron chi connectivity index (χ4n) is 1.57. The van der Waals surface area contributed by atoms with E-state index in [1.54, 1.807) is 0 Å². The van der Waals surface area contributed by atoms with Crippen LogP contribution in [-0.4, -0.2) is 8.76 Å². The second-order valence-electron chi connectivity index (χ2n) is 3.75. The molecule has 1 atom stereocenters. The van der Waals surface area contributed by atoms with E-state index in [0.717, 1.165) is 16.7 Å². The maximum atomic E-state index is 10.8. The third-order valence-electron chi connectivity index (χ3n) is 2.44. The number of benzene rings is 2. The van der Waals surface area contributed by atoms with Gasteiger partial charge in [0.1, 0.15) is 0 Å². The van der Waals surface area contributed by atoms with Crippen molar-refractivity contribution in [1.29, 1.82) is 0 Å². The second-order valence-corrected chi connectivity index (χ2v) is 6.11. The summed E-state index contributed by atoms with van der Waals surface area (Å²) in [6.45, 7) is 0.0356. The van der Waals surface area contributed by atoms with Crippen LogP contribution in [0.25, 0.3) is 11.1 Å². The van der Waals surface area contributed by atoms with Gasteiger partial charge in [0.2, 0.25) is 0 Å². The molecule has 0 radical (unpaired) electrons. The Morgan fingerprint density at radius 3 is 2.11 bits per heavy atom. The van der Waals surface area contributed by atoms with E-state index in [1.165, 1.54) is 0 Å². The molecule has 0 fully saturated rings. The van der Waals surface area contributed by atoms with Crippen molar-refractivity contribution in [2.75, 3.05) is 0 Å². The molecule has 0 saturated heterocycles. The van der Waals surface area contributed by atoms with Gasteiger partial charge in [0.25, 0.3) is 9.05 Å². The van der Waals surface area contributed by atoms with Crippen molar-refractivity contribution >= 4 is 20.2 Å². The highest BCUT2D eigenvalue weighted by Crippen LogP contribution is 2.19. The average molecular weight is 280 g/mol. The first kappa shape index (κ1) is 13.2. The molecular formula is C13H12O3S2. The fourth-order valence-corrected chi connectivity index (χ4v) is 2.00. The Balaban J connectivity index is 2.11. The van der Waals surface area contributed by atoms with Crippen molar-refractivity contribution in [1.82, 2.24) is 0 Å². The predicted octanol–water partition coefficient (Wildman–Crippen LogP) is 3.00. The first-order chi connectivity index (χ1) is 8.54. The molecule has 18 heavy (non-hydrogen) atoms. The van der Waals surface area contributed by atoms with Gasteiger partial charge in [-0.15, -0.1) is 0 Å². The van der Waals surface area contributed by atoms with Crippen molar-refractivity contribution in [3.05, 3.63) is 60.2 Å². The highest BCUT2D eigenvalue weighted by Gasteiger charge is 2.02. The molecule has 2 rings (SSSR count). The van der Waals surface area contributed by atoms with Gasteiger partial charge in [-0.2, -0.15) is 4.21 Å². The van der Waals surface area contributed by atoms with Crippen LogP contribution in [-0.2, 0) is 31.0 Å². The Labute approximate surface area is 111 Å². The van der Waals surface area contributed by atoms with E-state index in [9.17, 15) is 4.21 Å². The lowest BCUT2D eigenvalue weighted by atomic mass is 10.0. The van der Waals surface area contributed by atoms with E-state index >= 15 is 0 Å². The van der Waals surface area contributed by atoms with Gasteiger partial charge in [0, 0.05) is 11.2 Å². The number of rotatable bonds is 4. The van der Waals surface area contributed by atoms with Crippen LogP contribution < -0.4 is 0 Å². The Morgan fingerprint density at radius 2 is 1.56 bits per heavy atom. The molecule has 0 aromatic heterocycles. The summed E-state index contributed by atoms with van der Waals surface area (Å²) < 4.78 is 24.3. The van der Waals surface area contributed by atoms with Crippen LogP contribution in [0.5, 0.6) is 0 Å². The third-order valence-corrected chi connectivity index (χ3v) is 3.14. The highest BCUT2D eigenvalue weighted by molar-refractivity contribution is 8.27. The van der Waals surface area contributed by atoms with Crippen molar-refractivity contribution < 1.29 is 12.9 Å². The molecule has 0 heterocycles. The highest BCUT2D eigenvalue weighted by atomic mass is 32.9. The average Bonchev–Trinajstić information content (AvgIpc) is 2.37. The Kier molecular flexibility index (Phi) is 4.08. The van der Waals surface area contributed by atoms with Crippen molar-refractivity contribution in [2.24, 2.45) is 0 Å². The van der Waals surface area contributed by atoms with Crippen LogP contribution in [0.3, 0.4) is 0 Å². The van der Waals surface area contributed by atoms with E-state index in [4.69, 9.17) is 4.55 Å². The molecule has 94 valence electrons. The van der Waals surface area contributed by atoms with Gasteiger partial charge in [-0.05, 0) is 16.7 Å². The zero-order valence-electron chi connectivity index (χ0n) is 9.48. The zero-order chi connectivity index (χ0) is 13.0. The van der Waals surface area contributed by atoms with Crippen LogP contribution in [0.1, 0.15) is 5.56 Å². The van der Waals surface area contributed by atoms with Crippen molar-refractivity contribution in [2.45, 2.75) is 6.61 Å². The predicted molar refractivity (Wildman–Crippen MR) is 74.8 cm³/mol. The van der Waals surface area contributed by atoms with Gasteiger partial charge in [0.15, 0.2) is 0 Å². The summed E-state index contributed by atoms with van der Waals surface area (Å²) in [4.78, 5) is 0. The van der Waals surface area contributed by atoms with Crippen molar-refractivity contribution in [3.63, 3.8) is 0 Å². The topological polar surface area (TPSA) is 46.5 Å². The van der Waals surface area contributed by atoms with Crippen molar-refractivity contribution in [3.8, 4) is 11.1 Å². The SMILES string of the molecule is O=S(O)(=S)OCc1ccc(-c2ccccc2)cc1. The molecule has 0 bridgehead atoms. The van der Waals surface area contributed by atoms with Gasteiger partial charge >= 0.3 is 0 Å². The summed E-state index contributed by atoms with van der Waals surface area (Å²) in [7, 11) is -3.55. The molecule has 1 unspecified atom stereocenters. The Hall–Kier alpha value is -1.27. The lowest BCUT2D eigenvalue weighted by Crippen LogP contribution is -2.01. The van der Waals surface area contributed by atoms with E-state index in [-0.39, 0.29) is 6.61 Å². The molecule has 0 amide bonds. The maximum Gasteiger partial charge on any atom is 0.266 e. The summed E-state index contributed by atoms with van der Waals surface area (Å²) in [5.74, 6) is 0. The monoisotopic (exact) mass is 280 g/mol. The minimum atomic E-state index is -3.55. The van der Waals surface area contributed by atoms with Crippen LogP contribution >= 0.6 is 0 Å². The lowest BCUT2D eigenvalue weighted by molar-refractivity contribution is 0.295. The van der Waals surface area contributed by atoms with E-state index < -0.39 is 9.05 Å². The fraction of sp³-hybridized carbons (Fsp3) is 0.0769. The Bertz CT molecular complexity index is 604. The van der Waals surface area contributed by atoms with Gasteiger partial charge in [-0.1, -0.05) is 54.6 Å². The number of hydrogen-bond donors (Lipinski definition) is 1. The first-order valence-corrected chi connectivity index (χ1v) is 7.67. The van der Waals surface area contributed by atoms with Crippen LogP contribution in [0, 0.1) is 0 Å². The molecule has 0 aliphatic heterocycles. The van der Waals surface area contributed by atoms with E-state index in [2.05, 4.69) is 15.4 Å². The molecule has 2 aromatic carbocycles. The second kappa shape index (κ2) is 5.58. The maximum absolute atomic E-state index is 10.8. The van der Waals surface area contributed by atoms with Crippen LogP contribution in [0.15, 0.2) is 54.6 Å². The minimum Gasteiger partial charge on any atom is -0.285 e. The normalized spacial score (nSPS) is 14.1. The molecule has 2 aromatic rings. The molecule has 0 saturated carbocycles. The van der Waals surface area contributed by atoms with Gasteiger partial charge in [0.05, 0.1) is 6.61 Å². The summed E-state index contributed by atoms with van der Waals surface area (Å²) in [5.41, 5.74) is 3.02. The smallest absolute Gasteiger partial charge is 0.266 e. The molecule has 0 aliphatic carbocycles. The molecular weight excluding hydrogens is 268 g/mol. The van der Waals surface area contributed by atoms with Crippen LogP contribution in [0.4, 0.5) is 0 Å². The van der Waals surface area contributed by atoms with E-state index in [1.807, 2.05) is 54.6 Å². The van der Waals surface area contributed by atoms with Gasteiger partial charge in [-0.3, -0.25) is 8.74 Å². The molecule has 5 heteroatoms. The lowest BCUT2D eigenvalue weighted by Gasteiger charge is -2.05. The molecule has 3 nitrogen and oxygen atoms in total. The Morgan fingerprint density at radius 1 is 1.00 bits per heavy atom. The molecule has 0 spiro atoms. The summed E-state index contributed by atoms with van der Waals surface area (Å²) in [6, 6.07) is 17.5. The molecule has 1 N–H and O–H groups in total. The quantitative estimate of drug-likeness (QED) is 0.935. The van der Waals surface area contributed by atoms with Crippen LogP contribution in [0.2, 0.25) is 0 Å². The van der Waals surface area contributed by atoms with E-state index in [0.29, 0.717) is 0 Å². The number of hydrogen-bond acceptors (Lipinski definition) is 3.